The van der Waals surface area contributed by atoms with Gasteiger partial charge in [-0.3, -0.25) is 20.2 Å². The maximum atomic E-state index is 13.5. The number of aromatic nitrogens is 1. The number of H-pyrrole nitrogens is 1. The lowest BCUT2D eigenvalue weighted by Crippen LogP contribution is -2.27. The van der Waals surface area contributed by atoms with E-state index in [1.165, 1.54) is 6.92 Å². The molecule has 0 spiro atoms. The van der Waals surface area contributed by atoms with E-state index in [-0.39, 0.29) is 23.6 Å². The van der Waals surface area contributed by atoms with E-state index in [9.17, 15) is 37.7 Å². The van der Waals surface area contributed by atoms with Crippen LogP contribution in [-0.4, -0.2) is 34.2 Å². The standard InChI is InChI=1S/C20H20F3N3O7/c1-5-32-17(28)13-9-14(25-16(27)15(13)26(30)31)10-6-11(20(21,22)23)8-12(7-10)24-18(29)33-19(2,3)4/h6-9H,5H2,1-4H3,(H,24,29)(H,25,27). The normalized spacial score (nSPS) is 11.6. The molecule has 10 nitrogen and oxygen atoms in total. The fourth-order valence-corrected chi connectivity index (χ4v) is 2.69. The summed E-state index contributed by atoms with van der Waals surface area (Å²) in [5, 5.41) is 13.4. The second-order valence-electron chi connectivity index (χ2n) is 7.68. The van der Waals surface area contributed by atoms with Crippen LogP contribution in [0.15, 0.2) is 29.1 Å². The molecule has 13 heteroatoms. The van der Waals surface area contributed by atoms with E-state index in [0.717, 1.165) is 12.1 Å². The zero-order valence-corrected chi connectivity index (χ0v) is 18.0. The Bertz CT molecular complexity index is 1150. The number of amides is 1. The Kier molecular flexibility index (Phi) is 7.15. The molecule has 1 aromatic heterocycles. The highest BCUT2D eigenvalue weighted by molar-refractivity contribution is 5.95. The highest BCUT2D eigenvalue weighted by atomic mass is 19.4. The van der Waals surface area contributed by atoms with Crippen LogP contribution in [-0.2, 0) is 15.7 Å². The van der Waals surface area contributed by atoms with Gasteiger partial charge in [-0.05, 0) is 52.0 Å². The van der Waals surface area contributed by atoms with Gasteiger partial charge >= 0.3 is 29.5 Å². The predicted octanol–water partition coefficient (Wildman–Crippen LogP) is 4.49. The zero-order chi connectivity index (χ0) is 25.1. The van der Waals surface area contributed by atoms with Crippen LogP contribution in [0, 0.1) is 10.1 Å². The second-order valence-corrected chi connectivity index (χ2v) is 7.68. The van der Waals surface area contributed by atoms with Crippen molar-refractivity contribution in [3.8, 4) is 11.3 Å². The minimum Gasteiger partial charge on any atom is -0.462 e. The number of benzene rings is 1. The van der Waals surface area contributed by atoms with Gasteiger partial charge in [0.05, 0.1) is 17.1 Å². The Morgan fingerprint density at radius 3 is 2.30 bits per heavy atom. The van der Waals surface area contributed by atoms with E-state index in [1.54, 1.807) is 20.8 Å². The van der Waals surface area contributed by atoms with Crippen molar-refractivity contribution < 1.29 is 37.2 Å². The Morgan fingerprint density at radius 1 is 1.15 bits per heavy atom. The van der Waals surface area contributed by atoms with Gasteiger partial charge in [0, 0.05) is 16.9 Å². The van der Waals surface area contributed by atoms with Gasteiger partial charge in [0.25, 0.3) is 0 Å². The number of esters is 1. The molecule has 0 unspecified atom stereocenters. The van der Waals surface area contributed by atoms with Crippen molar-refractivity contribution in [1.29, 1.82) is 0 Å². The highest BCUT2D eigenvalue weighted by Crippen LogP contribution is 2.35. The molecule has 1 aromatic carbocycles. The van der Waals surface area contributed by atoms with E-state index in [0.29, 0.717) is 12.1 Å². The van der Waals surface area contributed by atoms with Gasteiger partial charge in [-0.25, -0.2) is 9.59 Å². The summed E-state index contributed by atoms with van der Waals surface area (Å²) < 4.78 is 50.1. The van der Waals surface area contributed by atoms with E-state index >= 15 is 0 Å². The van der Waals surface area contributed by atoms with Crippen LogP contribution in [0.3, 0.4) is 0 Å². The number of anilines is 1. The van der Waals surface area contributed by atoms with Crippen molar-refractivity contribution in [2.75, 3.05) is 11.9 Å². The van der Waals surface area contributed by atoms with E-state index in [1.807, 2.05) is 0 Å². The molecule has 0 fully saturated rings. The summed E-state index contributed by atoms with van der Waals surface area (Å²) in [5.74, 6) is -1.20. The number of hydrogen-bond donors (Lipinski definition) is 2. The van der Waals surface area contributed by atoms with Gasteiger partial charge in [0.1, 0.15) is 11.2 Å². The minimum atomic E-state index is -4.84. The first-order chi connectivity index (χ1) is 15.1. The number of nitrogens with one attached hydrogen (secondary N) is 2. The molecule has 0 aliphatic rings. The number of rotatable bonds is 5. The average molecular weight is 471 g/mol. The number of carbonyl (C=O) groups is 2. The molecule has 2 rings (SSSR count). The highest BCUT2D eigenvalue weighted by Gasteiger charge is 2.33. The summed E-state index contributed by atoms with van der Waals surface area (Å²) in [7, 11) is 0. The fourth-order valence-electron chi connectivity index (χ4n) is 2.69. The number of nitrogens with zero attached hydrogens (tertiary/aromatic N) is 1. The van der Waals surface area contributed by atoms with Crippen LogP contribution in [0.2, 0.25) is 0 Å². The number of halogens is 3. The van der Waals surface area contributed by atoms with Crippen molar-refractivity contribution in [2.24, 2.45) is 0 Å². The van der Waals surface area contributed by atoms with Gasteiger partial charge in [-0.2, -0.15) is 13.2 Å². The number of hydrogen-bond acceptors (Lipinski definition) is 7. The lowest BCUT2D eigenvalue weighted by atomic mass is 10.0. The summed E-state index contributed by atoms with van der Waals surface area (Å²) in [4.78, 5) is 48.7. The number of pyridine rings is 1. The minimum absolute atomic E-state index is 0.161. The molecular formula is C20H20F3N3O7. The van der Waals surface area contributed by atoms with Gasteiger partial charge in [0.2, 0.25) is 0 Å². The molecule has 0 aliphatic carbocycles. The third-order valence-electron chi connectivity index (χ3n) is 3.90. The van der Waals surface area contributed by atoms with Crippen LogP contribution in [0.5, 0.6) is 0 Å². The molecule has 1 amide bonds. The third-order valence-corrected chi connectivity index (χ3v) is 3.90. The van der Waals surface area contributed by atoms with Crippen LogP contribution in [0.25, 0.3) is 11.3 Å². The Morgan fingerprint density at radius 2 is 1.79 bits per heavy atom. The van der Waals surface area contributed by atoms with Crippen LogP contribution in [0.1, 0.15) is 43.6 Å². The molecule has 0 saturated heterocycles. The third kappa shape index (κ3) is 6.54. The summed E-state index contributed by atoms with van der Waals surface area (Å²) in [6.45, 7) is 5.94. The lowest BCUT2D eigenvalue weighted by Gasteiger charge is -2.20. The molecule has 2 N–H and O–H groups in total. The molecule has 33 heavy (non-hydrogen) atoms. The molecule has 0 bridgehead atoms. The summed E-state index contributed by atoms with van der Waals surface area (Å²) in [5.41, 5.74) is -6.24. The first kappa shape index (κ1) is 25.4. The number of aromatic amines is 1. The Hall–Kier alpha value is -3.90. The van der Waals surface area contributed by atoms with E-state index < -0.39 is 51.1 Å². The number of ether oxygens (including phenoxy) is 2. The van der Waals surface area contributed by atoms with Crippen molar-refractivity contribution >= 4 is 23.4 Å². The van der Waals surface area contributed by atoms with Crippen LogP contribution < -0.4 is 10.9 Å². The molecule has 178 valence electrons. The summed E-state index contributed by atoms with van der Waals surface area (Å²) >= 11 is 0. The topological polar surface area (TPSA) is 141 Å². The molecule has 0 aliphatic heterocycles. The SMILES string of the molecule is CCOC(=O)c1cc(-c2cc(NC(=O)OC(C)(C)C)cc(C(F)(F)F)c2)[nH]c(=O)c1[N+](=O)[O-]. The summed E-state index contributed by atoms with van der Waals surface area (Å²) in [6, 6.07) is 3.20. The second kappa shape index (κ2) is 9.30. The predicted molar refractivity (Wildman–Crippen MR) is 110 cm³/mol. The number of alkyl halides is 3. The van der Waals surface area contributed by atoms with Crippen molar-refractivity contribution in [1.82, 2.24) is 4.98 Å². The van der Waals surface area contributed by atoms with Gasteiger partial charge < -0.3 is 14.5 Å². The Labute approximate surface area is 184 Å². The zero-order valence-electron chi connectivity index (χ0n) is 18.0. The quantitative estimate of drug-likeness (QED) is 0.372. The first-order valence-corrected chi connectivity index (χ1v) is 9.44. The molecule has 0 saturated carbocycles. The first-order valence-electron chi connectivity index (χ1n) is 9.44. The fraction of sp³-hybridized carbons (Fsp3) is 0.350. The number of carbonyl (C=O) groups excluding carboxylic acids is 2. The molecule has 2 aromatic rings. The van der Waals surface area contributed by atoms with Gasteiger partial charge in [0.15, 0.2) is 0 Å². The smallest absolute Gasteiger partial charge is 0.416 e. The lowest BCUT2D eigenvalue weighted by molar-refractivity contribution is -0.386. The maximum absolute atomic E-state index is 13.5. The van der Waals surface area contributed by atoms with Crippen LogP contribution in [0.4, 0.5) is 29.3 Å². The molecule has 1 heterocycles. The largest absolute Gasteiger partial charge is 0.462 e. The Balaban J connectivity index is 2.67. The monoisotopic (exact) mass is 471 g/mol. The van der Waals surface area contributed by atoms with Crippen molar-refractivity contribution in [2.45, 2.75) is 39.5 Å². The molecular weight excluding hydrogens is 451 g/mol. The van der Waals surface area contributed by atoms with Gasteiger partial charge in [-0.1, -0.05) is 0 Å². The van der Waals surface area contributed by atoms with E-state index in [4.69, 9.17) is 9.47 Å². The maximum Gasteiger partial charge on any atom is 0.416 e. The van der Waals surface area contributed by atoms with Crippen molar-refractivity contribution in [3.63, 3.8) is 0 Å². The number of nitro groups is 1. The average Bonchev–Trinajstić information content (AvgIpc) is 2.64. The molecule has 0 radical (unpaired) electrons. The molecule has 0 atom stereocenters. The van der Waals surface area contributed by atoms with E-state index in [2.05, 4.69) is 10.3 Å². The summed E-state index contributed by atoms with van der Waals surface area (Å²) in [6.07, 6.45) is -5.87. The van der Waals surface area contributed by atoms with Crippen molar-refractivity contribution in [3.05, 3.63) is 55.9 Å². The van der Waals surface area contributed by atoms with Gasteiger partial charge in [-0.15, -0.1) is 0 Å². The van der Waals surface area contributed by atoms with Crippen LogP contribution >= 0.6 is 0 Å².